The van der Waals surface area contributed by atoms with Gasteiger partial charge in [0.25, 0.3) is 5.92 Å². The third kappa shape index (κ3) is 3.34. The molecular weight excluding hydrogens is 437 g/mol. The minimum absolute atomic E-state index is 0.132. The Morgan fingerprint density at radius 1 is 1.09 bits per heavy atom. The van der Waals surface area contributed by atoms with E-state index in [9.17, 15) is 22.0 Å². The number of aliphatic imine (C=N–C) groups is 1. The highest BCUT2D eigenvalue weighted by atomic mass is 19.3. The van der Waals surface area contributed by atoms with Gasteiger partial charge in [-0.15, -0.1) is 0 Å². The van der Waals surface area contributed by atoms with Crippen molar-refractivity contribution in [1.29, 1.82) is 0 Å². The lowest BCUT2D eigenvalue weighted by Gasteiger charge is -2.38. The number of aryl methyl sites for hydroxylation is 1. The van der Waals surface area contributed by atoms with Crippen molar-refractivity contribution in [2.75, 3.05) is 6.54 Å². The molecule has 3 heterocycles. The number of benzene rings is 2. The van der Waals surface area contributed by atoms with Gasteiger partial charge in [-0.05, 0) is 24.5 Å². The summed E-state index contributed by atoms with van der Waals surface area (Å²) in [5.74, 6) is -5.83. The summed E-state index contributed by atoms with van der Waals surface area (Å²) in [6, 6.07) is 4.78. The highest BCUT2D eigenvalue weighted by molar-refractivity contribution is 6.09. The fraction of sp³-hybridized carbons (Fsp3) is 0.320. The summed E-state index contributed by atoms with van der Waals surface area (Å²) >= 11 is 0. The molecule has 2 aromatic carbocycles. The lowest BCUT2D eigenvalue weighted by Crippen LogP contribution is -2.44. The smallest absolute Gasteiger partial charge is 0.258 e. The van der Waals surface area contributed by atoms with Gasteiger partial charge in [0.2, 0.25) is 0 Å². The van der Waals surface area contributed by atoms with E-state index in [2.05, 4.69) is 11.6 Å². The van der Waals surface area contributed by atoms with Crippen molar-refractivity contribution >= 4 is 5.84 Å². The molecule has 33 heavy (non-hydrogen) atoms. The fourth-order valence-corrected chi connectivity index (χ4v) is 4.99. The average Bonchev–Trinajstić information content (AvgIpc) is 3.26. The number of hydrogen-bond donors (Lipinski definition) is 0. The van der Waals surface area contributed by atoms with Crippen molar-refractivity contribution in [3.8, 4) is 11.1 Å². The number of hydrogen-bond acceptors (Lipinski definition) is 3. The van der Waals surface area contributed by atoms with Gasteiger partial charge in [-0.3, -0.25) is 9.89 Å². The van der Waals surface area contributed by atoms with E-state index in [4.69, 9.17) is 0 Å². The molecule has 0 aromatic heterocycles. The minimum atomic E-state index is -2.83. The Labute approximate surface area is 188 Å². The molecule has 172 valence electrons. The van der Waals surface area contributed by atoms with Crippen LogP contribution in [-0.2, 0) is 6.54 Å². The molecule has 8 heteroatoms. The van der Waals surface area contributed by atoms with Crippen LogP contribution in [0.25, 0.3) is 11.1 Å². The monoisotopic (exact) mass is 459 g/mol. The molecule has 1 fully saturated rings. The van der Waals surface area contributed by atoms with E-state index in [0.717, 1.165) is 11.1 Å². The first-order valence-electron chi connectivity index (χ1n) is 10.8. The van der Waals surface area contributed by atoms with E-state index in [0.29, 0.717) is 41.5 Å². The Bertz CT molecular complexity index is 1220. The molecule has 3 aliphatic rings. The van der Waals surface area contributed by atoms with E-state index in [1.165, 1.54) is 0 Å². The standard InChI is InChI=1S/C25H22F5N3/c1-4-16-11-32-14(3)33(12-18(32)9-25(16,29)30)24-22-15(10-31-24)5-13(2)6-19(22)23-20(27)7-17(26)8-21(23)28/h5-8,12,16H,3-4,9-11H2,1-2H3. The molecule has 2 aromatic rings. The Morgan fingerprint density at radius 3 is 2.45 bits per heavy atom. The van der Waals surface area contributed by atoms with Crippen molar-refractivity contribution in [1.82, 2.24) is 9.80 Å². The number of fused-ring (bicyclic) bond motifs is 2. The van der Waals surface area contributed by atoms with E-state index in [1.807, 2.05) is 6.07 Å². The van der Waals surface area contributed by atoms with Gasteiger partial charge in [-0.1, -0.05) is 31.2 Å². The van der Waals surface area contributed by atoms with Crippen LogP contribution < -0.4 is 0 Å². The number of nitrogens with zero attached hydrogens (tertiary/aromatic N) is 3. The maximum Gasteiger partial charge on any atom is 0.258 e. The lowest BCUT2D eigenvalue weighted by molar-refractivity contribution is -0.0855. The Morgan fingerprint density at radius 2 is 1.79 bits per heavy atom. The van der Waals surface area contributed by atoms with Crippen LogP contribution in [0.5, 0.6) is 0 Å². The Hall–Kier alpha value is -3.16. The first kappa shape index (κ1) is 21.7. The summed E-state index contributed by atoms with van der Waals surface area (Å²) in [5, 5.41) is 0. The van der Waals surface area contributed by atoms with Crippen LogP contribution in [0.15, 0.2) is 53.6 Å². The molecule has 0 aliphatic carbocycles. The van der Waals surface area contributed by atoms with E-state index in [1.54, 1.807) is 35.9 Å². The number of amidine groups is 1. The molecule has 1 saturated heterocycles. The predicted octanol–water partition coefficient (Wildman–Crippen LogP) is 6.33. The third-order valence-electron chi connectivity index (χ3n) is 6.62. The Kier molecular flexibility index (Phi) is 4.88. The van der Waals surface area contributed by atoms with Gasteiger partial charge in [-0.2, -0.15) is 0 Å². The van der Waals surface area contributed by atoms with Gasteiger partial charge in [-0.25, -0.2) is 22.0 Å². The maximum absolute atomic E-state index is 14.7. The van der Waals surface area contributed by atoms with Gasteiger partial charge in [0, 0.05) is 42.1 Å². The van der Waals surface area contributed by atoms with Crippen molar-refractivity contribution in [2.45, 2.75) is 39.2 Å². The second kappa shape index (κ2) is 7.43. The summed E-state index contributed by atoms with van der Waals surface area (Å²) in [6.07, 6.45) is 1.50. The molecule has 0 saturated carbocycles. The summed E-state index contributed by atoms with van der Waals surface area (Å²) in [5.41, 5.74) is 2.32. The lowest BCUT2D eigenvalue weighted by atomic mass is 9.90. The zero-order valence-corrected chi connectivity index (χ0v) is 18.2. The third-order valence-corrected chi connectivity index (χ3v) is 6.62. The van der Waals surface area contributed by atoms with Gasteiger partial charge < -0.3 is 4.90 Å². The zero-order valence-electron chi connectivity index (χ0n) is 18.2. The number of allylic oxidation sites excluding steroid dienone is 1. The van der Waals surface area contributed by atoms with Crippen LogP contribution in [0, 0.1) is 30.3 Å². The molecule has 3 aliphatic heterocycles. The number of halogens is 5. The topological polar surface area (TPSA) is 18.8 Å². The van der Waals surface area contributed by atoms with Crippen molar-refractivity contribution in [3.05, 3.63) is 82.7 Å². The van der Waals surface area contributed by atoms with E-state index in [-0.39, 0.29) is 24.2 Å². The SMILES string of the molecule is C=C1N(C2=NCc3cc(C)cc(-c4c(F)cc(F)cc4F)c32)C=C2CC(F)(F)C(CC)CN12. The van der Waals surface area contributed by atoms with E-state index < -0.39 is 35.7 Å². The molecule has 0 N–H and O–H groups in total. The summed E-state index contributed by atoms with van der Waals surface area (Å²) in [7, 11) is 0. The number of alkyl halides is 2. The van der Waals surface area contributed by atoms with Crippen LogP contribution in [0.3, 0.4) is 0 Å². The summed E-state index contributed by atoms with van der Waals surface area (Å²) in [6.45, 7) is 8.03. The molecule has 3 nitrogen and oxygen atoms in total. The molecule has 0 bridgehead atoms. The molecule has 0 radical (unpaired) electrons. The quantitative estimate of drug-likeness (QED) is 0.489. The first-order chi connectivity index (χ1) is 15.6. The normalized spacial score (nSPS) is 21.2. The second-order valence-corrected chi connectivity index (χ2v) is 8.79. The number of piperidine rings is 1. The second-order valence-electron chi connectivity index (χ2n) is 8.79. The predicted molar refractivity (Wildman–Crippen MR) is 116 cm³/mol. The summed E-state index contributed by atoms with van der Waals surface area (Å²) < 4.78 is 72.2. The molecule has 0 amide bonds. The van der Waals surface area contributed by atoms with Gasteiger partial charge >= 0.3 is 0 Å². The van der Waals surface area contributed by atoms with Crippen molar-refractivity contribution in [2.24, 2.45) is 10.9 Å². The molecule has 5 rings (SSSR count). The molecule has 1 atom stereocenters. The van der Waals surface area contributed by atoms with Crippen molar-refractivity contribution < 1.29 is 22.0 Å². The van der Waals surface area contributed by atoms with Crippen LogP contribution in [0.2, 0.25) is 0 Å². The Balaban J connectivity index is 1.61. The fourth-order valence-electron chi connectivity index (χ4n) is 4.99. The van der Waals surface area contributed by atoms with Gasteiger partial charge in [0.1, 0.15) is 29.1 Å². The van der Waals surface area contributed by atoms with Gasteiger partial charge in [0.05, 0.1) is 18.5 Å². The average molecular weight is 459 g/mol. The van der Waals surface area contributed by atoms with Gasteiger partial charge in [0.15, 0.2) is 0 Å². The largest absolute Gasteiger partial charge is 0.330 e. The summed E-state index contributed by atoms with van der Waals surface area (Å²) in [4.78, 5) is 7.96. The number of rotatable bonds is 2. The maximum atomic E-state index is 14.7. The van der Waals surface area contributed by atoms with Crippen molar-refractivity contribution in [3.63, 3.8) is 0 Å². The highest BCUT2D eigenvalue weighted by Gasteiger charge is 2.48. The van der Waals surface area contributed by atoms with Crippen LogP contribution in [0.4, 0.5) is 22.0 Å². The van der Waals surface area contributed by atoms with E-state index >= 15 is 0 Å². The molecule has 1 unspecified atom stereocenters. The minimum Gasteiger partial charge on any atom is -0.330 e. The van der Waals surface area contributed by atoms with Crippen LogP contribution in [0.1, 0.15) is 36.5 Å². The molecular formula is C25H22F5N3. The highest BCUT2D eigenvalue weighted by Crippen LogP contribution is 2.46. The van der Waals surface area contributed by atoms with Crippen LogP contribution >= 0.6 is 0 Å². The first-order valence-corrected chi connectivity index (χ1v) is 10.8. The molecule has 0 spiro atoms. The zero-order chi connectivity index (χ0) is 23.7. The van der Waals surface area contributed by atoms with Crippen LogP contribution in [-0.4, -0.2) is 28.1 Å².